The summed E-state index contributed by atoms with van der Waals surface area (Å²) in [6.45, 7) is 5.59. The molecular formula is C23H49NO7S. The molecule has 0 aromatic rings. The zero-order valence-corrected chi connectivity index (χ0v) is 21.8. The minimum absolute atomic E-state index is 0.585. The highest BCUT2D eigenvalue weighted by Crippen LogP contribution is 2.24. The standard InChI is InChI=1S/C22H45NO3.CH4O4S/c1-5-6-7-8-9-10-11-12-13-14-15-16-17-18-19-22(3,21(25)26)23(4)20(2)24;1-5-6(2,3)4/h20,24H,5-19H2,1-4H3,(H,25,26);1H3,(H,2,3,4). The molecule has 2 atom stereocenters. The van der Waals surface area contributed by atoms with Gasteiger partial charge in [-0.3, -0.25) is 18.4 Å². The number of hydrogen-bond acceptors (Lipinski definition) is 6. The molecule has 0 aromatic carbocycles. The van der Waals surface area contributed by atoms with Crippen LogP contribution in [0.25, 0.3) is 0 Å². The fourth-order valence-corrected chi connectivity index (χ4v) is 3.51. The fraction of sp³-hybridized carbons (Fsp3) is 0.957. The van der Waals surface area contributed by atoms with Crippen molar-refractivity contribution >= 4 is 16.4 Å². The molecule has 0 bridgehead atoms. The lowest BCUT2D eigenvalue weighted by molar-refractivity contribution is -0.157. The Hall–Kier alpha value is -0.740. The predicted molar refractivity (Wildman–Crippen MR) is 129 cm³/mol. The van der Waals surface area contributed by atoms with E-state index in [2.05, 4.69) is 11.1 Å². The van der Waals surface area contributed by atoms with Crippen LogP contribution in [0.3, 0.4) is 0 Å². The zero-order chi connectivity index (χ0) is 25.0. The van der Waals surface area contributed by atoms with Gasteiger partial charge in [0.1, 0.15) is 11.8 Å². The molecule has 3 N–H and O–H groups in total. The molecule has 0 saturated heterocycles. The van der Waals surface area contributed by atoms with Gasteiger partial charge in [-0.1, -0.05) is 96.8 Å². The van der Waals surface area contributed by atoms with E-state index in [0.717, 1.165) is 20.0 Å². The Labute approximate surface area is 196 Å². The molecule has 0 rings (SSSR count). The zero-order valence-electron chi connectivity index (χ0n) is 21.0. The number of rotatable bonds is 19. The maximum atomic E-state index is 11.6. The number of unbranched alkanes of at least 4 members (excludes halogenated alkanes) is 13. The van der Waals surface area contributed by atoms with E-state index in [4.69, 9.17) is 4.55 Å². The Morgan fingerprint density at radius 1 is 0.906 bits per heavy atom. The summed E-state index contributed by atoms with van der Waals surface area (Å²) in [6, 6.07) is 0. The Morgan fingerprint density at radius 2 is 1.22 bits per heavy atom. The van der Waals surface area contributed by atoms with E-state index >= 15 is 0 Å². The highest BCUT2D eigenvalue weighted by molar-refractivity contribution is 7.80. The Balaban J connectivity index is 0. The van der Waals surface area contributed by atoms with Gasteiger partial charge in [-0.05, 0) is 27.3 Å². The quantitative estimate of drug-likeness (QED) is 0.127. The summed E-state index contributed by atoms with van der Waals surface area (Å²) in [4.78, 5) is 13.1. The van der Waals surface area contributed by atoms with Crippen molar-refractivity contribution in [3.8, 4) is 0 Å². The third-order valence-corrected chi connectivity index (χ3v) is 6.45. The Bertz CT molecular complexity index is 555. The van der Waals surface area contributed by atoms with Gasteiger partial charge >= 0.3 is 16.4 Å². The summed E-state index contributed by atoms with van der Waals surface area (Å²) < 4.78 is 29.7. The molecule has 0 spiro atoms. The average molecular weight is 484 g/mol. The molecule has 0 amide bonds. The van der Waals surface area contributed by atoms with E-state index in [1.807, 2.05) is 0 Å². The first-order chi connectivity index (χ1) is 14.9. The maximum absolute atomic E-state index is 11.6. The van der Waals surface area contributed by atoms with Gasteiger partial charge in [0.05, 0.1) is 7.11 Å². The normalized spacial score (nSPS) is 14.5. The molecule has 0 heterocycles. The van der Waals surface area contributed by atoms with Crippen LogP contribution < -0.4 is 0 Å². The highest BCUT2D eigenvalue weighted by Gasteiger charge is 2.38. The van der Waals surface area contributed by atoms with Crippen LogP contribution in [-0.2, 0) is 19.4 Å². The van der Waals surface area contributed by atoms with Crippen LogP contribution in [0, 0.1) is 0 Å². The van der Waals surface area contributed by atoms with Gasteiger partial charge in [-0.25, -0.2) is 0 Å². The minimum Gasteiger partial charge on any atom is -0.480 e. The van der Waals surface area contributed by atoms with Crippen molar-refractivity contribution in [1.29, 1.82) is 0 Å². The summed E-state index contributed by atoms with van der Waals surface area (Å²) in [5, 5.41) is 19.2. The van der Waals surface area contributed by atoms with Crippen LogP contribution in [0.15, 0.2) is 0 Å². The van der Waals surface area contributed by atoms with Crippen molar-refractivity contribution in [2.24, 2.45) is 0 Å². The monoisotopic (exact) mass is 483 g/mol. The second-order valence-corrected chi connectivity index (χ2v) is 9.95. The second kappa shape index (κ2) is 19.7. The number of nitrogens with zero attached hydrogens (tertiary/aromatic N) is 1. The Morgan fingerprint density at radius 3 is 1.47 bits per heavy atom. The van der Waals surface area contributed by atoms with Crippen LogP contribution >= 0.6 is 0 Å². The molecule has 0 aliphatic heterocycles. The lowest BCUT2D eigenvalue weighted by atomic mass is 9.92. The van der Waals surface area contributed by atoms with Crippen molar-refractivity contribution in [3.63, 3.8) is 0 Å². The predicted octanol–water partition coefficient (Wildman–Crippen LogP) is 5.41. The number of aliphatic hydroxyl groups excluding tert-OH is 1. The van der Waals surface area contributed by atoms with Crippen LogP contribution in [-0.4, -0.2) is 60.0 Å². The molecule has 2 unspecified atom stereocenters. The molecule has 0 aliphatic carbocycles. The van der Waals surface area contributed by atoms with Gasteiger partial charge in [0.2, 0.25) is 0 Å². The van der Waals surface area contributed by atoms with E-state index in [9.17, 15) is 23.4 Å². The number of carboxylic acids is 1. The topological polar surface area (TPSA) is 124 Å². The molecule has 0 saturated carbocycles. The van der Waals surface area contributed by atoms with Gasteiger partial charge in [0.15, 0.2) is 0 Å². The van der Waals surface area contributed by atoms with Crippen molar-refractivity contribution in [2.45, 2.75) is 129 Å². The van der Waals surface area contributed by atoms with Crippen LogP contribution in [0.5, 0.6) is 0 Å². The lowest BCUT2D eigenvalue weighted by Gasteiger charge is -2.37. The summed E-state index contributed by atoms with van der Waals surface area (Å²) in [7, 11) is -1.61. The maximum Gasteiger partial charge on any atom is 0.397 e. The van der Waals surface area contributed by atoms with Crippen molar-refractivity contribution in [2.75, 3.05) is 14.2 Å². The fourth-order valence-electron chi connectivity index (χ4n) is 3.51. The van der Waals surface area contributed by atoms with E-state index in [1.165, 1.54) is 77.0 Å². The summed E-state index contributed by atoms with van der Waals surface area (Å²) in [6.07, 6.45) is 18.0. The smallest absolute Gasteiger partial charge is 0.397 e. The van der Waals surface area contributed by atoms with Gasteiger partial charge in [0.25, 0.3) is 0 Å². The Kier molecular flexibility index (Phi) is 20.6. The number of aliphatic hydroxyl groups is 1. The second-order valence-electron chi connectivity index (χ2n) is 8.76. The summed E-state index contributed by atoms with van der Waals surface area (Å²) in [5.41, 5.74) is -0.981. The van der Waals surface area contributed by atoms with Gasteiger partial charge in [-0.15, -0.1) is 0 Å². The van der Waals surface area contributed by atoms with Crippen molar-refractivity contribution in [3.05, 3.63) is 0 Å². The van der Waals surface area contributed by atoms with Crippen molar-refractivity contribution < 1.29 is 32.2 Å². The van der Waals surface area contributed by atoms with Crippen LogP contribution in [0.2, 0.25) is 0 Å². The molecule has 0 aliphatic rings. The first-order valence-electron chi connectivity index (χ1n) is 12.1. The molecule has 0 aromatic heterocycles. The van der Waals surface area contributed by atoms with Gasteiger partial charge in [0, 0.05) is 0 Å². The lowest BCUT2D eigenvalue weighted by Crippen LogP contribution is -2.53. The molecule has 32 heavy (non-hydrogen) atoms. The summed E-state index contributed by atoms with van der Waals surface area (Å²) >= 11 is 0. The van der Waals surface area contributed by atoms with E-state index < -0.39 is 28.1 Å². The van der Waals surface area contributed by atoms with E-state index in [-0.39, 0.29) is 0 Å². The van der Waals surface area contributed by atoms with E-state index in [1.54, 1.807) is 25.8 Å². The average Bonchev–Trinajstić information content (AvgIpc) is 2.72. The molecule has 0 fully saturated rings. The molecule has 0 radical (unpaired) electrons. The van der Waals surface area contributed by atoms with Crippen LogP contribution in [0.1, 0.15) is 117 Å². The molecule has 8 nitrogen and oxygen atoms in total. The van der Waals surface area contributed by atoms with Crippen molar-refractivity contribution in [1.82, 2.24) is 4.90 Å². The first-order valence-corrected chi connectivity index (χ1v) is 13.5. The molecular weight excluding hydrogens is 434 g/mol. The first kappa shape index (κ1) is 33.4. The summed E-state index contributed by atoms with van der Waals surface area (Å²) in [5.74, 6) is -0.851. The number of hydrogen-bond donors (Lipinski definition) is 3. The number of likely N-dealkylation sites (N-methyl/N-ethyl adjacent to an activating group) is 1. The van der Waals surface area contributed by atoms with Crippen LogP contribution in [0.4, 0.5) is 0 Å². The highest BCUT2D eigenvalue weighted by atomic mass is 32.3. The SMILES string of the molecule is CCCCCCCCCCCCCCCCC(C)(C(=O)O)N(C)C(C)O.COS(=O)(=O)O. The minimum atomic E-state index is -4.16. The molecule has 194 valence electrons. The van der Waals surface area contributed by atoms with Gasteiger partial charge < -0.3 is 10.2 Å². The number of carboxylic acid groups (broad SMARTS) is 1. The largest absolute Gasteiger partial charge is 0.480 e. The van der Waals surface area contributed by atoms with E-state index in [0.29, 0.717) is 6.42 Å². The number of carbonyl (C=O) groups is 1. The van der Waals surface area contributed by atoms with Gasteiger partial charge in [-0.2, -0.15) is 8.42 Å². The third kappa shape index (κ3) is 18.8. The molecule has 9 heteroatoms. The number of aliphatic carboxylic acids is 1. The third-order valence-electron chi connectivity index (χ3n) is 6.03.